The van der Waals surface area contributed by atoms with E-state index in [4.69, 9.17) is 9.47 Å². The molecule has 0 radical (unpaired) electrons. The molecule has 7 heteroatoms. The van der Waals surface area contributed by atoms with Crippen LogP contribution >= 0.6 is 0 Å². The molecule has 2 aromatic carbocycles. The maximum absolute atomic E-state index is 13.4. The Morgan fingerprint density at radius 3 is 2.72 bits per heavy atom. The number of guanidine groups is 1. The van der Waals surface area contributed by atoms with Gasteiger partial charge in [0.25, 0.3) is 0 Å². The summed E-state index contributed by atoms with van der Waals surface area (Å²) in [6, 6.07) is 9.84. The predicted octanol–water partition coefficient (Wildman–Crippen LogP) is 2.88. The van der Waals surface area contributed by atoms with Crippen molar-refractivity contribution < 1.29 is 19.0 Å². The lowest BCUT2D eigenvalue weighted by Gasteiger charge is -2.14. The van der Waals surface area contributed by atoms with Gasteiger partial charge in [-0.25, -0.2) is 4.39 Å². The third kappa shape index (κ3) is 4.32. The number of phenols is 1. The predicted molar refractivity (Wildman–Crippen MR) is 93.9 cm³/mol. The van der Waals surface area contributed by atoms with Crippen LogP contribution < -0.4 is 20.1 Å². The molecule has 0 amide bonds. The Balaban J connectivity index is 1.64. The molecule has 132 valence electrons. The summed E-state index contributed by atoms with van der Waals surface area (Å²) in [6.45, 7) is 1.63. The standard InChI is InChI=1S/C18H20FN3O3/c1-20-18(21-11-12-3-5-15(23)14(19)9-12)22-13-4-6-16-17(10-13)25-8-2-7-24-16/h3-6,9-10,23H,2,7-8,11H2,1H3,(H2,20,21,22). The van der Waals surface area contributed by atoms with E-state index in [2.05, 4.69) is 15.6 Å². The minimum atomic E-state index is -0.648. The number of halogens is 1. The molecule has 0 saturated carbocycles. The van der Waals surface area contributed by atoms with E-state index in [9.17, 15) is 9.50 Å². The summed E-state index contributed by atoms with van der Waals surface area (Å²) in [5.41, 5.74) is 1.49. The summed E-state index contributed by atoms with van der Waals surface area (Å²) in [5.74, 6) is 0.940. The van der Waals surface area contributed by atoms with Gasteiger partial charge in [-0.1, -0.05) is 6.07 Å². The fourth-order valence-electron chi connectivity index (χ4n) is 2.40. The fraction of sp³-hybridized carbons (Fsp3) is 0.278. The number of aromatic hydroxyl groups is 1. The molecule has 3 rings (SSSR count). The Morgan fingerprint density at radius 1 is 1.16 bits per heavy atom. The molecule has 0 saturated heterocycles. The lowest BCUT2D eigenvalue weighted by atomic mass is 10.2. The van der Waals surface area contributed by atoms with E-state index in [1.807, 2.05) is 18.2 Å². The van der Waals surface area contributed by atoms with Crippen LogP contribution in [0.3, 0.4) is 0 Å². The van der Waals surface area contributed by atoms with Gasteiger partial charge >= 0.3 is 0 Å². The maximum atomic E-state index is 13.4. The van der Waals surface area contributed by atoms with E-state index in [0.29, 0.717) is 37.0 Å². The highest BCUT2D eigenvalue weighted by Crippen LogP contribution is 2.32. The first-order chi connectivity index (χ1) is 12.2. The molecule has 1 aliphatic heterocycles. The summed E-state index contributed by atoms with van der Waals surface area (Å²) in [7, 11) is 1.65. The van der Waals surface area contributed by atoms with Crippen molar-refractivity contribution in [2.75, 3.05) is 25.6 Å². The van der Waals surface area contributed by atoms with Crippen molar-refractivity contribution in [3.8, 4) is 17.2 Å². The minimum absolute atomic E-state index is 0.363. The van der Waals surface area contributed by atoms with E-state index in [-0.39, 0.29) is 5.75 Å². The third-order valence-corrected chi connectivity index (χ3v) is 3.71. The highest BCUT2D eigenvalue weighted by atomic mass is 19.1. The Morgan fingerprint density at radius 2 is 1.96 bits per heavy atom. The van der Waals surface area contributed by atoms with Crippen LogP contribution in [0.25, 0.3) is 0 Å². The first-order valence-corrected chi connectivity index (χ1v) is 8.00. The summed E-state index contributed by atoms with van der Waals surface area (Å²) in [4.78, 5) is 4.15. The highest BCUT2D eigenvalue weighted by Gasteiger charge is 2.11. The normalized spacial score (nSPS) is 13.9. The topological polar surface area (TPSA) is 75.1 Å². The largest absolute Gasteiger partial charge is 0.505 e. The molecule has 0 bridgehead atoms. The van der Waals surface area contributed by atoms with Crippen molar-refractivity contribution in [3.63, 3.8) is 0 Å². The molecule has 0 atom stereocenters. The van der Waals surface area contributed by atoms with Gasteiger partial charge in [0.15, 0.2) is 29.0 Å². The molecule has 0 spiro atoms. The van der Waals surface area contributed by atoms with E-state index >= 15 is 0 Å². The number of nitrogens with one attached hydrogen (secondary N) is 2. The Kier molecular flexibility index (Phi) is 5.23. The van der Waals surface area contributed by atoms with Gasteiger partial charge in [0, 0.05) is 31.8 Å². The average Bonchev–Trinajstić information content (AvgIpc) is 2.86. The molecule has 2 aromatic rings. The van der Waals surface area contributed by atoms with Crippen LogP contribution in [0.5, 0.6) is 17.2 Å². The Labute approximate surface area is 145 Å². The van der Waals surface area contributed by atoms with Crippen LogP contribution in [0.2, 0.25) is 0 Å². The molecule has 6 nitrogen and oxygen atoms in total. The Bertz CT molecular complexity index is 780. The number of nitrogens with zero attached hydrogens (tertiary/aromatic N) is 1. The van der Waals surface area contributed by atoms with Gasteiger partial charge in [-0.15, -0.1) is 0 Å². The molecule has 3 N–H and O–H groups in total. The van der Waals surface area contributed by atoms with Crippen molar-refractivity contribution in [2.24, 2.45) is 4.99 Å². The molecule has 1 heterocycles. The summed E-state index contributed by atoms with van der Waals surface area (Å²) in [6.07, 6.45) is 0.851. The van der Waals surface area contributed by atoms with Crippen molar-refractivity contribution >= 4 is 11.6 Å². The van der Waals surface area contributed by atoms with Crippen LogP contribution in [0.4, 0.5) is 10.1 Å². The van der Waals surface area contributed by atoms with Crippen LogP contribution in [-0.2, 0) is 6.54 Å². The lowest BCUT2D eigenvalue weighted by Crippen LogP contribution is -2.30. The molecule has 0 fully saturated rings. The van der Waals surface area contributed by atoms with Gasteiger partial charge in [0.2, 0.25) is 0 Å². The lowest BCUT2D eigenvalue weighted by molar-refractivity contribution is 0.297. The summed E-state index contributed by atoms with van der Waals surface area (Å²) < 4.78 is 24.7. The van der Waals surface area contributed by atoms with Crippen LogP contribution in [0.1, 0.15) is 12.0 Å². The van der Waals surface area contributed by atoms with Gasteiger partial charge in [0.05, 0.1) is 13.2 Å². The zero-order valence-corrected chi connectivity index (χ0v) is 13.9. The Hall–Kier alpha value is -2.96. The van der Waals surface area contributed by atoms with Gasteiger partial charge in [-0.2, -0.15) is 0 Å². The average molecular weight is 345 g/mol. The van der Waals surface area contributed by atoms with Gasteiger partial charge in [-0.3, -0.25) is 4.99 Å². The van der Waals surface area contributed by atoms with Crippen molar-refractivity contribution in [2.45, 2.75) is 13.0 Å². The monoisotopic (exact) mass is 345 g/mol. The SMILES string of the molecule is CN=C(NCc1ccc(O)c(F)c1)Nc1ccc2c(c1)OCCCO2. The summed E-state index contributed by atoms with van der Waals surface area (Å²) >= 11 is 0. The van der Waals surface area contributed by atoms with Crippen molar-refractivity contribution in [1.29, 1.82) is 0 Å². The molecule has 25 heavy (non-hydrogen) atoms. The van der Waals surface area contributed by atoms with Crippen molar-refractivity contribution in [3.05, 3.63) is 47.8 Å². The molecule has 0 unspecified atom stereocenters. The molecular formula is C18H20FN3O3. The smallest absolute Gasteiger partial charge is 0.195 e. The quantitative estimate of drug-likeness (QED) is 0.589. The van der Waals surface area contributed by atoms with E-state index < -0.39 is 5.82 Å². The zero-order valence-electron chi connectivity index (χ0n) is 13.9. The second-order valence-corrected chi connectivity index (χ2v) is 5.55. The number of hydrogen-bond donors (Lipinski definition) is 3. The number of phenolic OH excluding ortho intramolecular Hbond substituents is 1. The number of anilines is 1. The number of aliphatic imine (C=N–C) groups is 1. The van der Waals surface area contributed by atoms with Crippen molar-refractivity contribution in [1.82, 2.24) is 5.32 Å². The van der Waals surface area contributed by atoms with E-state index in [1.165, 1.54) is 12.1 Å². The number of fused-ring (bicyclic) bond motifs is 1. The number of hydrogen-bond acceptors (Lipinski definition) is 4. The summed E-state index contributed by atoms with van der Waals surface area (Å²) in [5, 5.41) is 15.5. The number of rotatable bonds is 3. The van der Waals surface area contributed by atoms with Gasteiger partial charge in [-0.05, 0) is 29.8 Å². The molecule has 1 aliphatic rings. The molecule has 0 aliphatic carbocycles. The third-order valence-electron chi connectivity index (χ3n) is 3.71. The second kappa shape index (κ2) is 7.74. The molecular weight excluding hydrogens is 325 g/mol. The fourth-order valence-corrected chi connectivity index (χ4v) is 2.40. The van der Waals surface area contributed by atoms with Crippen LogP contribution in [-0.4, -0.2) is 31.3 Å². The van der Waals surface area contributed by atoms with Gasteiger partial charge in [0.1, 0.15) is 0 Å². The first kappa shape index (κ1) is 16.9. The number of benzene rings is 2. The van der Waals surface area contributed by atoms with E-state index in [1.54, 1.807) is 13.1 Å². The highest BCUT2D eigenvalue weighted by molar-refractivity contribution is 5.93. The number of ether oxygens (including phenoxy) is 2. The maximum Gasteiger partial charge on any atom is 0.195 e. The zero-order chi connectivity index (χ0) is 17.6. The first-order valence-electron chi connectivity index (χ1n) is 8.00. The van der Waals surface area contributed by atoms with Crippen LogP contribution in [0.15, 0.2) is 41.4 Å². The van der Waals surface area contributed by atoms with Crippen LogP contribution in [0, 0.1) is 5.82 Å². The second-order valence-electron chi connectivity index (χ2n) is 5.55. The van der Waals surface area contributed by atoms with E-state index in [0.717, 1.165) is 17.9 Å². The molecule has 0 aromatic heterocycles. The van der Waals surface area contributed by atoms with Gasteiger partial charge < -0.3 is 25.2 Å². The minimum Gasteiger partial charge on any atom is -0.505 e.